The van der Waals surface area contributed by atoms with Crippen LogP contribution >= 0.6 is 11.3 Å². The molecule has 1 atom stereocenters. The highest BCUT2D eigenvalue weighted by atomic mass is 32.1. The summed E-state index contributed by atoms with van der Waals surface area (Å²) in [5.74, 6) is 0. The van der Waals surface area contributed by atoms with Gasteiger partial charge in [0.25, 0.3) is 0 Å². The molecule has 0 aliphatic heterocycles. The van der Waals surface area contributed by atoms with E-state index >= 15 is 0 Å². The Balaban J connectivity index is 2.19. The normalized spacial score (nSPS) is 13.0. The summed E-state index contributed by atoms with van der Waals surface area (Å²) < 4.78 is 2.11. The fourth-order valence-electron chi connectivity index (χ4n) is 2.94. The second kappa shape index (κ2) is 8.08. The molecule has 2 rings (SSSR count). The molecule has 5 heteroatoms. The predicted octanol–water partition coefficient (Wildman–Crippen LogP) is 3.66. The van der Waals surface area contributed by atoms with Gasteiger partial charge in [-0.1, -0.05) is 6.92 Å². The third-order valence-electron chi connectivity index (χ3n) is 4.21. The van der Waals surface area contributed by atoms with Crippen LogP contribution in [-0.4, -0.2) is 32.4 Å². The average Bonchev–Trinajstić information content (AvgIpc) is 2.98. The fraction of sp³-hybridized carbons (Fsp3) is 0.611. The fourth-order valence-corrected chi connectivity index (χ4v) is 3.89. The van der Waals surface area contributed by atoms with Crippen molar-refractivity contribution in [3.63, 3.8) is 0 Å². The molecule has 0 bridgehead atoms. The van der Waals surface area contributed by atoms with Gasteiger partial charge in [0.1, 0.15) is 0 Å². The molecule has 0 spiro atoms. The molecule has 1 N–H and O–H groups in total. The zero-order valence-electron chi connectivity index (χ0n) is 15.0. The van der Waals surface area contributed by atoms with Gasteiger partial charge in [-0.3, -0.25) is 9.58 Å². The minimum absolute atomic E-state index is 0.332. The average molecular weight is 336 g/mol. The summed E-state index contributed by atoms with van der Waals surface area (Å²) in [6, 6.07) is 2.16. The topological polar surface area (TPSA) is 41.3 Å². The van der Waals surface area contributed by atoms with Crippen molar-refractivity contribution in [1.29, 1.82) is 0 Å². The summed E-state index contributed by atoms with van der Waals surface area (Å²) in [5.41, 5.74) is 4.99. The summed E-state index contributed by atoms with van der Waals surface area (Å²) >= 11 is 1.79. The SMILES string of the molecule is CCCn1nc(C)c(CN(Cc2sccc2C)C[C@@H](C)O)c1C. The second-order valence-electron chi connectivity index (χ2n) is 6.42. The standard InChI is InChI=1S/C18H29N3OS/c1-6-8-21-16(5)17(15(4)19-21)11-20(10-14(3)22)12-18-13(2)7-9-23-18/h7,9,14,22H,6,8,10-12H2,1-5H3/t14-/m1/s1. The highest BCUT2D eigenvalue weighted by Gasteiger charge is 2.17. The molecule has 0 unspecified atom stereocenters. The van der Waals surface area contributed by atoms with Crippen LogP contribution in [0.4, 0.5) is 0 Å². The van der Waals surface area contributed by atoms with E-state index in [0.717, 1.165) is 31.7 Å². The van der Waals surface area contributed by atoms with Crippen LogP contribution in [-0.2, 0) is 19.6 Å². The van der Waals surface area contributed by atoms with Gasteiger partial charge in [0.05, 0.1) is 11.8 Å². The zero-order chi connectivity index (χ0) is 17.0. The lowest BCUT2D eigenvalue weighted by molar-refractivity contribution is 0.118. The maximum Gasteiger partial charge on any atom is 0.0641 e. The third-order valence-corrected chi connectivity index (χ3v) is 5.21. The van der Waals surface area contributed by atoms with E-state index in [1.807, 2.05) is 6.92 Å². The molecule has 0 fully saturated rings. The number of aromatic nitrogens is 2. The molecule has 0 radical (unpaired) electrons. The molecule has 0 saturated heterocycles. The molecule has 2 heterocycles. The van der Waals surface area contributed by atoms with Gasteiger partial charge in [0.2, 0.25) is 0 Å². The Morgan fingerprint density at radius 3 is 2.61 bits per heavy atom. The summed E-state index contributed by atoms with van der Waals surface area (Å²) in [5, 5.41) is 16.7. The van der Waals surface area contributed by atoms with E-state index < -0.39 is 0 Å². The number of hydrogen-bond donors (Lipinski definition) is 1. The summed E-state index contributed by atoms with van der Waals surface area (Å²) in [6.07, 6.45) is 0.759. The van der Waals surface area contributed by atoms with Gasteiger partial charge in [-0.05, 0) is 51.1 Å². The van der Waals surface area contributed by atoms with Gasteiger partial charge in [-0.15, -0.1) is 11.3 Å². The van der Waals surface area contributed by atoms with Crippen molar-refractivity contribution >= 4 is 11.3 Å². The first-order chi connectivity index (χ1) is 10.9. The largest absolute Gasteiger partial charge is 0.392 e. The number of aryl methyl sites for hydroxylation is 3. The van der Waals surface area contributed by atoms with Gasteiger partial charge in [-0.2, -0.15) is 5.10 Å². The molecule has 0 amide bonds. The van der Waals surface area contributed by atoms with Crippen LogP contribution in [0, 0.1) is 20.8 Å². The van der Waals surface area contributed by atoms with Crippen LogP contribution in [0.25, 0.3) is 0 Å². The molecule has 0 saturated carbocycles. The Morgan fingerprint density at radius 2 is 2.04 bits per heavy atom. The van der Waals surface area contributed by atoms with Crippen LogP contribution in [0.1, 0.15) is 47.7 Å². The minimum atomic E-state index is -0.332. The number of thiophene rings is 1. The third kappa shape index (κ3) is 4.66. The Labute approximate surface area is 143 Å². The lowest BCUT2D eigenvalue weighted by atomic mass is 10.1. The summed E-state index contributed by atoms with van der Waals surface area (Å²) in [7, 11) is 0. The minimum Gasteiger partial charge on any atom is -0.392 e. The number of hydrogen-bond acceptors (Lipinski definition) is 4. The van der Waals surface area contributed by atoms with E-state index in [0.29, 0.717) is 6.54 Å². The van der Waals surface area contributed by atoms with Gasteiger partial charge in [0, 0.05) is 42.3 Å². The zero-order valence-corrected chi connectivity index (χ0v) is 15.8. The Morgan fingerprint density at radius 1 is 1.30 bits per heavy atom. The first-order valence-corrected chi connectivity index (χ1v) is 9.26. The number of aliphatic hydroxyl groups excluding tert-OH is 1. The molecule has 2 aromatic heterocycles. The molecular formula is C18H29N3OS. The van der Waals surface area contributed by atoms with Crippen molar-refractivity contribution in [2.24, 2.45) is 0 Å². The van der Waals surface area contributed by atoms with Gasteiger partial charge >= 0.3 is 0 Å². The quantitative estimate of drug-likeness (QED) is 0.800. The van der Waals surface area contributed by atoms with Crippen molar-refractivity contribution in [2.45, 2.75) is 66.8 Å². The van der Waals surface area contributed by atoms with Crippen molar-refractivity contribution in [2.75, 3.05) is 6.54 Å². The molecule has 2 aromatic rings. The van der Waals surface area contributed by atoms with Crippen molar-refractivity contribution < 1.29 is 5.11 Å². The van der Waals surface area contributed by atoms with Gasteiger partial charge in [0.15, 0.2) is 0 Å². The molecule has 0 aromatic carbocycles. The Bertz CT molecular complexity index is 630. The molecule has 0 aliphatic carbocycles. The first kappa shape index (κ1) is 18.2. The maximum atomic E-state index is 9.87. The van der Waals surface area contributed by atoms with E-state index in [2.05, 4.69) is 53.8 Å². The van der Waals surface area contributed by atoms with Crippen LogP contribution in [0.15, 0.2) is 11.4 Å². The van der Waals surface area contributed by atoms with E-state index in [9.17, 15) is 5.11 Å². The molecule has 0 aliphatic rings. The molecule has 4 nitrogen and oxygen atoms in total. The number of aliphatic hydroxyl groups is 1. The van der Waals surface area contributed by atoms with Crippen LogP contribution in [0.5, 0.6) is 0 Å². The number of nitrogens with zero attached hydrogens (tertiary/aromatic N) is 3. The van der Waals surface area contributed by atoms with Crippen LogP contribution in [0.2, 0.25) is 0 Å². The van der Waals surface area contributed by atoms with Crippen molar-refractivity contribution in [3.05, 3.63) is 38.8 Å². The highest BCUT2D eigenvalue weighted by Crippen LogP contribution is 2.22. The van der Waals surface area contributed by atoms with Gasteiger partial charge in [-0.25, -0.2) is 0 Å². The van der Waals surface area contributed by atoms with E-state index in [-0.39, 0.29) is 6.10 Å². The van der Waals surface area contributed by atoms with Crippen LogP contribution in [0.3, 0.4) is 0 Å². The van der Waals surface area contributed by atoms with E-state index in [1.165, 1.54) is 21.7 Å². The lowest BCUT2D eigenvalue weighted by Crippen LogP contribution is -2.30. The predicted molar refractivity (Wildman–Crippen MR) is 96.8 cm³/mol. The van der Waals surface area contributed by atoms with Crippen LogP contribution < -0.4 is 0 Å². The van der Waals surface area contributed by atoms with Gasteiger partial charge < -0.3 is 5.11 Å². The number of rotatable bonds is 8. The van der Waals surface area contributed by atoms with Crippen molar-refractivity contribution in [3.8, 4) is 0 Å². The van der Waals surface area contributed by atoms with E-state index in [1.54, 1.807) is 11.3 Å². The summed E-state index contributed by atoms with van der Waals surface area (Å²) in [6.45, 7) is 13.8. The second-order valence-corrected chi connectivity index (χ2v) is 7.42. The maximum absolute atomic E-state index is 9.87. The highest BCUT2D eigenvalue weighted by molar-refractivity contribution is 7.10. The van der Waals surface area contributed by atoms with E-state index in [4.69, 9.17) is 0 Å². The van der Waals surface area contributed by atoms with Crippen molar-refractivity contribution in [1.82, 2.24) is 14.7 Å². The first-order valence-electron chi connectivity index (χ1n) is 8.38. The molecule has 128 valence electrons. The lowest BCUT2D eigenvalue weighted by Gasteiger charge is -2.24. The Kier molecular flexibility index (Phi) is 6.39. The monoisotopic (exact) mass is 335 g/mol. The molecular weight excluding hydrogens is 306 g/mol. The smallest absolute Gasteiger partial charge is 0.0641 e. The molecule has 23 heavy (non-hydrogen) atoms. The Hall–Kier alpha value is -1.17. The summed E-state index contributed by atoms with van der Waals surface area (Å²) in [4.78, 5) is 3.71.